The van der Waals surface area contributed by atoms with Crippen LogP contribution in [0.25, 0.3) is 11.5 Å². The van der Waals surface area contributed by atoms with Crippen molar-refractivity contribution in [3.8, 4) is 11.5 Å². The molecule has 2 aromatic rings. The highest BCUT2D eigenvalue weighted by atomic mass is 32.2. The van der Waals surface area contributed by atoms with E-state index in [1.54, 1.807) is 0 Å². The summed E-state index contributed by atoms with van der Waals surface area (Å²) in [4.78, 5) is 0. The smallest absolute Gasteiger partial charge is 0.247 e. The van der Waals surface area contributed by atoms with E-state index in [-0.39, 0.29) is 11.6 Å². The molecule has 1 aromatic carbocycles. The van der Waals surface area contributed by atoms with Crippen molar-refractivity contribution in [3.05, 3.63) is 36.2 Å². The Labute approximate surface area is 93.0 Å². The van der Waals surface area contributed by atoms with Gasteiger partial charge >= 0.3 is 0 Å². The lowest BCUT2D eigenvalue weighted by molar-refractivity contribution is 0.519. The molecule has 2 rings (SSSR count). The number of hydrogen-bond acceptors (Lipinski definition) is 5. The van der Waals surface area contributed by atoms with Crippen molar-refractivity contribution < 1.29 is 12.8 Å². The number of rotatable bonds is 3. The molecule has 0 atom stereocenters. The summed E-state index contributed by atoms with van der Waals surface area (Å²) in [5.74, 6) is 0.216. The van der Waals surface area contributed by atoms with E-state index in [0.717, 1.165) is 11.8 Å². The third kappa shape index (κ3) is 2.66. The van der Waals surface area contributed by atoms with E-state index in [1.807, 2.05) is 30.3 Å². The fourth-order valence-electron chi connectivity index (χ4n) is 1.23. The molecule has 0 N–H and O–H groups in total. The van der Waals surface area contributed by atoms with Gasteiger partial charge in [0.1, 0.15) is 5.75 Å². The van der Waals surface area contributed by atoms with Gasteiger partial charge in [0, 0.05) is 11.8 Å². The van der Waals surface area contributed by atoms with Gasteiger partial charge in [0.25, 0.3) is 0 Å². The van der Waals surface area contributed by atoms with Crippen molar-refractivity contribution in [1.82, 2.24) is 10.2 Å². The summed E-state index contributed by atoms with van der Waals surface area (Å²) in [6.45, 7) is 0. The molecule has 0 aliphatic carbocycles. The number of nitrogens with zero attached hydrogens (tertiary/aromatic N) is 2. The van der Waals surface area contributed by atoms with Crippen LogP contribution in [-0.4, -0.2) is 24.9 Å². The van der Waals surface area contributed by atoms with Crippen molar-refractivity contribution in [3.63, 3.8) is 0 Å². The van der Waals surface area contributed by atoms with Crippen LogP contribution in [-0.2, 0) is 15.6 Å². The Balaban J connectivity index is 2.27. The Bertz CT molecular complexity index is 575. The van der Waals surface area contributed by atoms with Gasteiger partial charge in [0.05, 0.1) is 0 Å². The zero-order valence-electron chi connectivity index (χ0n) is 8.62. The number of aromatic nitrogens is 2. The maximum absolute atomic E-state index is 11.0. The van der Waals surface area contributed by atoms with Crippen molar-refractivity contribution >= 4 is 9.84 Å². The van der Waals surface area contributed by atoms with Crippen molar-refractivity contribution in [2.75, 3.05) is 6.26 Å². The molecule has 0 fully saturated rings. The van der Waals surface area contributed by atoms with Gasteiger partial charge in [-0.2, -0.15) is 0 Å². The van der Waals surface area contributed by atoms with E-state index in [0.29, 0.717) is 5.89 Å². The lowest BCUT2D eigenvalue weighted by Crippen LogP contribution is -2.00. The molecule has 0 saturated heterocycles. The quantitative estimate of drug-likeness (QED) is 0.805. The Hall–Kier alpha value is -1.69. The van der Waals surface area contributed by atoms with E-state index in [9.17, 15) is 8.42 Å². The third-order valence-corrected chi connectivity index (χ3v) is 2.64. The third-order valence-electron chi connectivity index (χ3n) is 1.87. The average molecular weight is 238 g/mol. The Kier molecular flexibility index (Phi) is 2.74. The second kappa shape index (κ2) is 4.05. The monoisotopic (exact) mass is 238 g/mol. The largest absolute Gasteiger partial charge is 0.420 e. The molecule has 5 nitrogen and oxygen atoms in total. The summed E-state index contributed by atoms with van der Waals surface area (Å²) in [5.41, 5.74) is 0.773. The normalized spacial score (nSPS) is 11.6. The standard InChI is InChI=1S/C10H10N2O3S/c1-16(13,14)7-9-11-12-10(15-9)8-5-3-2-4-6-8/h2-6H,7H2,1H3. The molecule has 0 saturated carbocycles. The summed E-state index contributed by atoms with van der Waals surface area (Å²) >= 11 is 0. The first-order valence-electron chi connectivity index (χ1n) is 4.60. The van der Waals surface area contributed by atoms with Crippen LogP contribution in [0.2, 0.25) is 0 Å². The number of benzene rings is 1. The average Bonchev–Trinajstić information content (AvgIpc) is 2.65. The highest BCUT2D eigenvalue weighted by molar-refractivity contribution is 7.89. The lowest BCUT2D eigenvalue weighted by atomic mass is 10.2. The summed E-state index contributed by atoms with van der Waals surface area (Å²) in [5, 5.41) is 7.47. The minimum absolute atomic E-state index is 0.112. The van der Waals surface area contributed by atoms with Gasteiger partial charge in [-0.3, -0.25) is 0 Å². The Morgan fingerprint density at radius 2 is 1.88 bits per heavy atom. The van der Waals surface area contributed by atoms with Crippen LogP contribution in [0.1, 0.15) is 5.89 Å². The molecule has 0 aliphatic heterocycles. The van der Waals surface area contributed by atoms with Crippen LogP contribution in [0.15, 0.2) is 34.7 Å². The second-order valence-corrected chi connectivity index (χ2v) is 5.58. The van der Waals surface area contributed by atoms with Gasteiger partial charge < -0.3 is 4.42 Å². The van der Waals surface area contributed by atoms with Crippen LogP contribution in [0.3, 0.4) is 0 Å². The second-order valence-electron chi connectivity index (χ2n) is 3.44. The molecule has 0 aliphatic rings. The Morgan fingerprint density at radius 3 is 2.50 bits per heavy atom. The predicted molar refractivity (Wildman–Crippen MR) is 58.3 cm³/mol. The van der Waals surface area contributed by atoms with Crippen molar-refractivity contribution in [1.29, 1.82) is 0 Å². The van der Waals surface area contributed by atoms with Crippen LogP contribution in [0.5, 0.6) is 0 Å². The fourth-order valence-corrected chi connectivity index (χ4v) is 1.80. The summed E-state index contributed by atoms with van der Waals surface area (Å²) in [6.07, 6.45) is 1.12. The van der Waals surface area contributed by atoms with Gasteiger partial charge in [-0.1, -0.05) is 18.2 Å². The van der Waals surface area contributed by atoms with E-state index >= 15 is 0 Å². The van der Waals surface area contributed by atoms with Crippen LogP contribution < -0.4 is 0 Å². The van der Waals surface area contributed by atoms with Gasteiger partial charge in [0.2, 0.25) is 11.8 Å². The highest BCUT2D eigenvalue weighted by Gasteiger charge is 2.12. The molecule has 84 valence electrons. The van der Waals surface area contributed by atoms with Crippen molar-refractivity contribution in [2.24, 2.45) is 0 Å². The van der Waals surface area contributed by atoms with Crippen molar-refractivity contribution in [2.45, 2.75) is 5.75 Å². The molecule has 16 heavy (non-hydrogen) atoms. The minimum Gasteiger partial charge on any atom is -0.420 e. The molecule has 0 unspecified atom stereocenters. The molecule has 0 amide bonds. The molecule has 0 radical (unpaired) electrons. The first kappa shape index (κ1) is 10.8. The van der Waals surface area contributed by atoms with E-state index in [4.69, 9.17) is 4.42 Å². The van der Waals surface area contributed by atoms with E-state index in [1.165, 1.54) is 0 Å². The first-order valence-corrected chi connectivity index (χ1v) is 6.66. The molecular weight excluding hydrogens is 228 g/mol. The van der Waals surface area contributed by atoms with Crippen LogP contribution >= 0.6 is 0 Å². The SMILES string of the molecule is CS(=O)(=O)Cc1nnc(-c2ccccc2)o1. The summed E-state index contributed by atoms with van der Waals surface area (Å²) < 4.78 is 27.3. The minimum atomic E-state index is -3.14. The van der Waals surface area contributed by atoms with E-state index in [2.05, 4.69) is 10.2 Å². The molecule has 0 spiro atoms. The van der Waals surface area contributed by atoms with Gasteiger partial charge in [-0.05, 0) is 12.1 Å². The maximum Gasteiger partial charge on any atom is 0.247 e. The zero-order chi connectivity index (χ0) is 11.6. The summed E-state index contributed by atoms with van der Waals surface area (Å²) in [6, 6.07) is 9.19. The summed E-state index contributed by atoms with van der Waals surface area (Å²) in [7, 11) is -3.14. The van der Waals surface area contributed by atoms with Crippen LogP contribution in [0.4, 0.5) is 0 Å². The number of sulfone groups is 1. The first-order chi connectivity index (χ1) is 7.54. The van der Waals surface area contributed by atoms with E-state index < -0.39 is 9.84 Å². The topological polar surface area (TPSA) is 73.1 Å². The molecular formula is C10H10N2O3S. The maximum atomic E-state index is 11.0. The zero-order valence-corrected chi connectivity index (χ0v) is 9.44. The molecule has 0 bridgehead atoms. The fraction of sp³-hybridized carbons (Fsp3) is 0.200. The van der Waals surface area contributed by atoms with Gasteiger partial charge in [0.15, 0.2) is 9.84 Å². The highest BCUT2D eigenvalue weighted by Crippen LogP contribution is 2.17. The van der Waals surface area contributed by atoms with Gasteiger partial charge in [-0.15, -0.1) is 10.2 Å². The van der Waals surface area contributed by atoms with Gasteiger partial charge in [-0.25, -0.2) is 8.42 Å². The molecule has 1 heterocycles. The molecule has 6 heteroatoms. The lowest BCUT2D eigenvalue weighted by Gasteiger charge is -1.92. The van der Waals surface area contributed by atoms with Crippen LogP contribution in [0, 0.1) is 0 Å². The number of hydrogen-bond donors (Lipinski definition) is 0. The molecule has 1 aromatic heterocycles. The predicted octanol–water partition coefficient (Wildman–Crippen LogP) is 1.28. The Morgan fingerprint density at radius 1 is 1.19 bits per heavy atom.